The third kappa shape index (κ3) is 6.66. The number of hydrogen-bond acceptors (Lipinski definition) is 3. The average Bonchev–Trinajstić information content (AvgIpc) is 1.80. The maximum absolute atomic E-state index is 5.23. The van der Waals surface area contributed by atoms with Gasteiger partial charge in [-0.05, 0) is 6.92 Å². The smallest absolute Gasteiger partial charge is 0.0908 e. The van der Waals surface area contributed by atoms with Crippen LogP contribution in [-0.2, 0) is 0 Å². The van der Waals surface area contributed by atoms with Crippen LogP contribution in [0.4, 0.5) is 0 Å². The van der Waals surface area contributed by atoms with Crippen LogP contribution in [0.3, 0.4) is 0 Å². The summed E-state index contributed by atoms with van der Waals surface area (Å²) in [5, 5.41) is 7.04. The Hall–Kier alpha value is -1.34. The molecule has 2 N–H and O–H groups in total. The van der Waals surface area contributed by atoms with Crippen LogP contribution in [0.5, 0.6) is 0 Å². The van der Waals surface area contributed by atoms with Crippen LogP contribution in [-0.4, -0.2) is 0 Å². The number of azo groups is 1. The highest BCUT2D eigenvalue weighted by molar-refractivity contribution is 4.88. The lowest BCUT2D eigenvalue weighted by Crippen LogP contribution is -1.87. The van der Waals surface area contributed by atoms with Gasteiger partial charge in [0, 0.05) is 5.70 Å². The second kappa shape index (κ2) is 4.81. The number of allylic oxidation sites excluding steroid dienone is 1. The molecule has 0 aliphatic heterocycles. The number of nitrogens with zero attached hydrogens (tertiary/aromatic N) is 2. The van der Waals surface area contributed by atoms with Gasteiger partial charge in [0.15, 0.2) is 0 Å². The second-order valence-corrected chi connectivity index (χ2v) is 1.44. The number of hydrogen-bond donors (Lipinski definition) is 1. The van der Waals surface area contributed by atoms with Gasteiger partial charge in [-0.2, -0.15) is 10.2 Å². The summed E-state index contributed by atoms with van der Waals surface area (Å²) in [5.74, 6) is 0. The highest BCUT2D eigenvalue weighted by atomic mass is 15.1. The van der Waals surface area contributed by atoms with Gasteiger partial charge in [-0.25, -0.2) is 0 Å². The van der Waals surface area contributed by atoms with E-state index < -0.39 is 0 Å². The monoisotopic (exact) mass is 123 g/mol. The Morgan fingerprint density at radius 2 is 2.33 bits per heavy atom. The van der Waals surface area contributed by atoms with Crippen molar-refractivity contribution >= 4 is 0 Å². The molecule has 0 aromatic heterocycles. The van der Waals surface area contributed by atoms with Crippen LogP contribution >= 0.6 is 0 Å². The van der Waals surface area contributed by atoms with Crippen LogP contribution in [0.15, 0.2) is 40.6 Å². The Balaban J connectivity index is 3.73. The Kier molecular flexibility index (Phi) is 4.09. The van der Waals surface area contributed by atoms with E-state index in [1.807, 2.05) is 0 Å². The molecule has 48 valence electrons. The fourth-order valence-electron chi connectivity index (χ4n) is 0.199. The van der Waals surface area contributed by atoms with Gasteiger partial charge in [-0.1, -0.05) is 6.58 Å². The van der Waals surface area contributed by atoms with Gasteiger partial charge < -0.3 is 5.73 Å². The van der Waals surface area contributed by atoms with Crippen molar-refractivity contribution in [3.8, 4) is 0 Å². The highest BCUT2D eigenvalue weighted by Crippen LogP contribution is 1.82. The van der Waals surface area contributed by atoms with Gasteiger partial charge in [0.2, 0.25) is 0 Å². The Morgan fingerprint density at radius 1 is 1.67 bits per heavy atom. The molecule has 0 aliphatic carbocycles. The van der Waals surface area contributed by atoms with Gasteiger partial charge in [0.05, 0.1) is 12.4 Å². The lowest BCUT2D eigenvalue weighted by molar-refractivity contribution is 1.17. The number of nitrogens with two attached hydrogens (primary N) is 1. The molecular formula is C6H9N3. The first kappa shape index (κ1) is 7.66. The lowest BCUT2D eigenvalue weighted by Gasteiger charge is -1.78. The second-order valence-electron chi connectivity index (χ2n) is 1.44. The van der Waals surface area contributed by atoms with Gasteiger partial charge in [-0.15, -0.1) is 5.73 Å². The fourth-order valence-corrected chi connectivity index (χ4v) is 0.199. The van der Waals surface area contributed by atoms with Crippen molar-refractivity contribution in [1.82, 2.24) is 0 Å². The van der Waals surface area contributed by atoms with Crippen LogP contribution in [0.2, 0.25) is 0 Å². The van der Waals surface area contributed by atoms with E-state index in [1.54, 1.807) is 6.92 Å². The normalized spacial score (nSPS) is 11.4. The van der Waals surface area contributed by atoms with E-state index in [0.29, 0.717) is 5.70 Å². The maximum atomic E-state index is 5.23. The molecule has 0 aromatic carbocycles. The molecule has 0 heterocycles. The zero-order chi connectivity index (χ0) is 7.11. The lowest BCUT2D eigenvalue weighted by atomic mass is 10.6. The first-order valence-electron chi connectivity index (χ1n) is 2.44. The maximum Gasteiger partial charge on any atom is 0.0908 e. The van der Waals surface area contributed by atoms with E-state index in [1.165, 1.54) is 12.4 Å². The predicted molar refractivity (Wildman–Crippen MR) is 36.5 cm³/mol. The summed E-state index contributed by atoms with van der Waals surface area (Å²) in [6, 6.07) is 0. The third-order valence-corrected chi connectivity index (χ3v) is 0.477. The van der Waals surface area contributed by atoms with Gasteiger partial charge in [0.1, 0.15) is 0 Å². The fraction of sp³-hybridized carbons (Fsp3) is 0.167. The minimum Gasteiger partial charge on any atom is -0.401 e. The molecule has 0 fully saturated rings. The third-order valence-electron chi connectivity index (χ3n) is 0.477. The van der Waals surface area contributed by atoms with Crippen LogP contribution in [0.1, 0.15) is 6.92 Å². The molecule has 0 aromatic rings. The van der Waals surface area contributed by atoms with E-state index >= 15 is 0 Å². The Labute approximate surface area is 54.3 Å². The van der Waals surface area contributed by atoms with Crippen molar-refractivity contribution in [2.24, 2.45) is 16.0 Å². The van der Waals surface area contributed by atoms with Gasteiger partial charge >= 0.3 is 0 Å². The minimum absolute atomic E-state index is 0.621. The van der Waals surface area contributed by atoms with E-state index in [-0.39, 0.29) is 0 Å². The molecule has 0 rings (SSSR count). The molecule has 0 spiro atoms. The molecule has 0 amide bonds. The Bertz CT molecular complexity index is 169. The van der Waals surface area contributed by atoms with Crippen molar-refractivity contribution in [1.29, 1.82) is 0 Å². The molecule has 3 nitrogen and oxygen atoms in total. The zero-order valence-electron chi connectivity index (χ0n) is 5.33. The predicted octanol–water partition coefficient (Wildman–Crippen LogP) is 1.56. The summed E-state index contributed by atoms with van der Waals surface area (Å²) in [5.41, 5.74) is 8.29. The average molecular weight is 123 g/mol. The van der Waals surface area contributed by atoms with E-state index in [4.69, 9.17) is 5.73 Å². The minimum atomic E-state index is 0.621. The first-order chi connectivity index (χ1) is 4.27. The summed E-state index contributed by atoms with van der Waals surface area (Å²) in [6.07, 6.45) is 2.81. The molecule has 9 heavy (non-hydrogen) atoms. The summed E-state index contributed by atoms with van der Waals surface area (Å²) >= 11 is 0. The van der Waals surface area contributed by atoms with E-state index in [9.17, 15) is 0 Å². The van der Waals surface area contributed by atoms with Gasteiger partial charge in [-0.3, -0.25) is 0 Å². The van der Waals surface area contributed by atoms with Crippen molar-refractivity contribution in [3.05, 3.63) is 30.4 Å². The standard InChI is InChI=1S/C6H9N3/c1-3-4-8-9-5-6(2)7/h4-5H,1,7H2,2H3/b6-5+,9-8-. The summed E-state index contributed by atoms with van der Waals surface area (Å²) in [7, 11) is 0. The molecule has 0 bridgehead atoms. The topological polar surface area (TPSA) is 50.7 Å². The van der Waals surface area contributed by atoms with Crippen molar-refractivity contribution < 1.29 is 0 Å². The summed E-state index contributed by atoms with van der Waals surface area (Å²) in [4.78, 5) is 0. The molecule has 0 saturated carbocycles. The Morgan fingerprint density at radius 3 is 2.78 bits per heavy atom. The van der Waals surface area contributed by atoms with Crippen LogP contribution < -0.4 is 5.73 Å². The van der Waals surface area contributed by atoms with Crippen molar-refractivity contribution in [2.45, 2.75) is 6.92 Å². The quantitative estimate of drug-likeness (QED) is 0.439. The molecule has 0 unspecified atom stereocenters. The van der Waals surface area contributed by atoms with Crippen molar-refractivity contribution in [3.63, 3.8) is 0 Å². The summed E-state index contributed by atoms with van der Waals surface area (Å²) < 4.78 is 0. The molecule has 0 radical (unpaired) electrons. The van der Waals surface area contributed by atoms with Crippen LogP contribution in [0.25, 0.3) is 0 Å². The number of rotatable bonds is 2. The van der Waals surface area contributed by atoms with Crippen LogP contribution in [0, 0.1) is 0 Å². The molecule has 0 aliphatic rings. The molecular weight excluding hydrogens is 114 g/mol. The van der Waals surface area contributed by atoms with Gasteiger partial charge in [0.25, 0.3) is 0 Å². The van der Waals surface area contributed by atoms with E-state index in [2.05, 4.69) is 22.5 Å². The molecule has 3 heteroatoms. The molecule has 0 saturated heterocycles. The largest absolute Gasteiger partial charge is 0.401 e. The first-order valence-corrected chi connectivity index (χ1v) is 2.44. The highest BCUT2D eigenvalue weighted by Gasteiger charge is 1.68. The summed E-state index contributed by atoms with van der Waals surface area (Å²) in [6.45, 7) is 5.02. The SMILES string of the molecule is C=C=C/N=N\C=C(/C)N. The zero-order valence-corrected chi connectivity index (χ0v) is 5.33. The van der Waals surface area contributed by atoms with E-state index in [0.717, 1.165) is 0 Å². The molecule has 0 atom stereocenters. The van der Waals surface area contributed by atoms with Crippen molar-refractivity contribution in [2.75, 3.05) is 0 Å².